The SMILES string of the molecule is CC(C)OC(=O)[C@H]1CCC[C@H](Oc2ccc(-c3cnn(C)c3COC(=O)N(C)C3CCCC3)nc2OCCS(C)(=O)=O)C1.CN(C(=O)OCc1c(-c2ccc(O[C@H]3CCC[C@H](C(=O)O)C3)c(=O)[nH]2)cnn1C)C1CCCC1. The molecule has 4 heterocycles. The number of carbonyl (C=O) groups is 4. The minimum absolute atomic E-state index is 0.00185. The predicted octanol–water partition coefficient (Wildman–Crippen LogP) is 7.61. The molecule has 0 aliphatic heterocycles. The Kier molecular flexibility index (Phi) is 20.1. The minimum Gasteiger partial charge on any atom is -0.485 e. The van der Waals surface area contributed by atoms with Crippen LogP contribution in [0, 0.1) is 11.8 Å². The number of nitrogens with zero attached hydrogens (tertiary/aromatic N) is 7. The zero-order valence-electron chi connectivity index (χ0n) is 45.4. The third-order valence-electron chi connectivity index (χ3n) is 14.9. The van der Waals surface area contributed by atoms with Crippen LogP contribution in [0.4, 0.5) is 9.59 Å². The molecule has 4 aromatic heterocycles. The zero-order chi connectivity index (χ0) is 55.4. The maximum absolute atomic E-state index is 12.7. The number of carboxylic acids is 1. The Morgan fingerprint density at radius 1 is 0.727 bits per heavy atom. The minimum atomic E-state index is -3.27. The molecule has 8 rings (SSSR count). The molecule has 4 aliphatic carbocycles. The van der Waals surface area contributed by atoms with E-state index in [9.17, 15) is 37.5 Å². The molecule has 422 valence electrons. The van der Waals surface area contributed by atoms with Crippen molar-refractivity contribution < 1.29 is 61.1 Å². The van der Waals surface area contributed by atoms with Crippen molar-refractivity contribution in [2.24, 2.45) is 25.9 Å². The molecule has 0 spiro atoms. The van der Waals surface area contributed by atoms with Crippen molar-refractivity contribution >= 4 is 34.0 Å². The van der Waals surface area contributed by atoms with Crippen LogP contribution in [0.5, 0.6) is 17.4 Å². The molecule has 0 unspecified atom stereocenters. The number of carboxylic acid groups (broad SMARTS) is 1. The van der Waals surface area contributed by atoms with E-state index in [-0.39, 0.29) is 91.7 Å². The van der Waals surface area contributed by atoms with Crippen LogP contribution in [0.1, 0.15) is 128 Å². The average Bonchev–Trinajstić information content (AvgIpc) is 4.26. The van der Waals surface area contributed by atoms with Crippen LogP contribution < -0.4 is 19.8 Å². The standard InChI is InChI=1S/C30H44N4O8S.C24H32N4O6/c1-20(2)41-29(35)21-9-8-12-23(17-21)42-27-14-13-25(32-28(27)39-15-16-43(5,37)38)24-18-31-34(4)26(24)19-40-30(36)33(3)22-10-6-7-11-22;1-27(16-7-3-4-8-16)24(32)33-14-20-18(13-25-28(20)2)19-10-11-21(22(29)26-19)34-17-9-5-6-15(12-17)23(30)31/h13-14,18,20-23H,6-12,15-17,19H2,1-5H3;10-11,13,15-17H,3-9,12,14H2,1-2H3,(H,26,29)(H,30,31)/t21-,23-;15-,17-/m00/s1. The molecular weight excluding hydrogens is 1020 g/mol. The van der Waals surface area contributed by atoms with E-state index in [2.05, 4.69) is 20.2 Å². The third-order valence-corrected chi connectivity index (χ3v) is 15.8. The summed E-state index contributed by atoms with van der Waals surface area (Å²) in [6.07, 6.45) is 16.6. The van der Waals surface area contributed by atoms with Crippen molar-refractivity contribution in [1.82, 2.24) is 39.3 Å². The summed E-state index contributed by atoms with van der Waals surface area (Å²) in [5, 5.41) is 17.9. The van der Waals surface area contributed by atoms with Gasteiger partial charge in [-0.15, -0.1) is 0 Å². The second-order valence-electron chi connectivity index (χ2n) is 21.0. The van der Waals surface area contributed by atoms with Crippen LogP contribution in [-0.2, 0) is 60.9 Å². The topological polar surface area (TPSA) is 266 Å². The second kappa shape index (κ2) is 26.6. The lowest BCUT2D eigenvalue weighted by atomic mass is 9.87. The molecule has 0 aromatic carbocycles. The summed E-state index contributed by atoms with van der Waals surface area (Å²) < 4.78 is 61.4. The van der Waals surface area contributed by atoms with Crippen molar-refractivity contribution in [2.45, 2.75) is 160 Å². The Morgan fingerprint density at radius 2 is 1.25 bits per heavy atom. The summed E-state index contributed by atoms with van der Waals surface area (Å²) in [5.41, 5.74) is 3.25. The quantitative estimate of drug-likeness (QED) is 0.0675. The summed E-state index contributed by atoms with van der Waals surface area (Å²) in [4.78, 5) is 72.6. The van der Waals surface area contributed by atoms with E-state index in [4.69, 9.17) is 28.4 Å². The van der Waals surface area contributed by atoms with Crippen molar-refractivity contribution in [1.29, 1.82) is 0 Å². The Balaban J connectivity index is 0.000000230. The molecular formula is C54H76N8O14S. The molecule has 4 atom stereocenters. The number of ether oxygens (including phenoxy) is 6. The number of esters is 1. The van der Waals surface area contributed by atoms with Crippen molar-refractivity contribution in [3.05, 3.63) is 58.4 Å². The molecule has 0 bridgehead atoms. The van der Waals surface area contributed by atoms with Gasteiger partial charge in [-0.25, -0.2) is 23.0 Å². The van der Waals surface area contributed by atoms with Crippen LogP contribution in [0.15, 0.2) is 41.5 Å². The lowest BCUT2D eigenvalue weighted by molar-refractivity contribution is -0.154. The van der Waals surface area contributed by atoms with Crippen LogP contribution in [0.3, 0.4) is 0 Å². The van der Waals surface area contributed by atoms with E-state index in [1.165, 1.54) is 0 Å². The molecule has 23 heteroatoms. The maximum Gasteiger partial charge on any atom is 0.410 e. The molecule has 4 fully saturated rings. The monoisotopic (exact) mass is 1090 g/mol. The van der Waals surface area contributed by atoms with Gasteiger partial charge in [-0.1, -0.05) is 25.7 Å². The maximum atomic E-state index is 12.7. The van der Waals surface area contributed by atoms with Crippen molar-refractivity contribution in [2.75, 3.05) is 32.7 Å². The number of aromatic nitrogens is 6. The highest BCUT2D eigenvalue weighted by molar-refractivity contribution is 7.90. The third kappa shape index (κ3) is 16.0. The zero-order valence-corrected chi connectivity index (χ0v) is 46.3. The number of aryl methyl sites for hydroxylation is 2. The summed E-state index contributed by atoms with van der Waals surface area (Å²) in [6, 6.07) is 7.22. The molecule has 77 heavy (non-hydrogen) atoms. The molecule has 0 saturated heterocycles. The number of sulfone groups is 1. The number of pyridine rings is 2. The fraction of sp³-hybridized carbons (Fsp3) is 0.630. The molecule has 22 nitrogen and oxygen atoms in total. The first kappa shape index (κ1) is 58.0. The molecule has 2 N–H and O–H groups in total. The van der Waals surface area contributed by atoms with E-state index in [0.29, 0.717) is 58.9 Å². The molecule has 4 aromatic rings. The van der Waals surface area contributed by atoms with Gasteiger partial charge in [0.15, 0.2) is 21.3 Å². The molecule has 2 amide bonds. The van der Waals surface area contributed by atoms with Crippen molar-refractivity contribution in [3.8, 4) is 39.9 Å². The van der Waals surface area contributed by atoms with Crippen molar-refractivity contribution in [3.63, 3.8) is 0 Å². The van der Waals surface area contributed by atoms with Gasteiger partial charge in [-0.05, 0) is 115 Å². The summed E-state index contributed by atoms with van der Waals surface area (Å²) in [5.74, 6) is -1.27. The number of amides is 2. The van der Waals surface area contributed by atoms with Crippen LogP contribution in [-0.4, -0.2) is 140 Å². The van der Waals surface area contributed by atoms with Gasteiger partial charge >= 0.3 is 24.1 Å². The number of hydrogen-bond acceptors (Lipinski definition) is 16. The number of H-pyrrole nitrogens is 1. The highest BCUT2D eigenvalue weighted by Gasteiger charge is 2.33. The predicted molar refractivity (Wildman–Crippen MR) is 283 cm³/mol. The normalized spacial score (nSPS) is 19.9. The van der Waals surface area contributed by atoms with Gasteiger partial charge in [-0.3, -0.25) is 23.7 Å². The van der Waals surface area contributed by atoms with Gasteiger partial charge in [0.05, 0.1) is 71.1 Å². The van der Waals surface area contributed by atoms with Gasteiger partial charge < -0.3 is 48.3 Å². The number of carbonyl (C=O) groups excluding carboxylic acids is 3. The van der Waals surface area contributed by atoms with E-state index in [1.54, 1.807) is 84.0 Å². The van der Waals surface area contributed by atoms with Crippen LogP contribution in [0.2, 0.25) is 0 Å². The van der Waals surface area contributed by atoms with Gasteiger partial charge in [0.25, 0.3) is 11.4 Å². The van der Waals surface area contributed by atoms with E-state index in [1.807, 2.05) is 13.8 Å². The summed E-state index contributed by atoms with van der Waals surface area (Å²) in [7, 11) is 3.79. The van der Waals surface area contributed by atoms with Crippen LogP contribution >= 0.6 is 0 Å². The summed E-state index contributed by atoms with van der Waals surface area (Å²) in [6.45, 7) is 3.58. The smallest absolute Gasteiger partial charge is 0.410 e. The number of rotatable bonds is 19. The van der Waals surface area contributed by atoms with E-state index in [0.717, 1.165) is 89.7 Å². The Morgan fingerprint density at radius 3 is 1.79 bits per heavy atom. The molecule has 0 radical (unpaired) electrons. The average molecular weight is 1090 g/mol. The fourth-order valence-corrected chi connectivity index (χ4v) is 10.8. The number of nitrogens with one attached hydrogen (secondary N) is 1. The lowest BCUT2D eigenvalue weighted by Crippen LogP contribution is -2.35. The van der Waals surface area contributed by atoms with Gasteiger partial charge in [0.2, 0.25) is 0 Å². The second-order valence-corrected chi connectivity index (χ2v) is 23.3. The largest absolute Gasteiger partial charge is 0.485 e. The van der Waals surface area contributed by atoms with E-state index >= 15 is 0 Å². The highest BCUT2D eigenvalue weighted by atomic mass is 32.2. The molecule has 4 aliphatic rings. The number of hydrogen-bond donors (Lipinski definition) is 2. The van der Waals surface area contributed by atoms with Gasteiger partial charge in [0, 0.05) is 57.7 Å². The first-order chi connectivity index (χ1) is 36.7. The summed E-state index contributed by atoms with van der Waals surface area (Å²) >= 11 is 0. The van der Waals surface area contributed by atoms with E-state index < -0.39 is 27.3 Å². The Bertz CT molecular complexity index is 2840. The Labute approximate surface area is 450 Å². The molecule has 4 saturated carbocycles. The Hall–Kier alpha value is -6.65. The number of aliphatic carboxylic acids is 1. The first-order valence-corrected chi connectivity index (χ1v) is 28.9. The lowest BCUT2D eigenvalue weighted by Gasteiger charge is -2.29. The van der Waals surface area contributed by atoms with Gasteiger partial charge in [-0.2, -0.15) is 10.2 Å². The van der Waals surface area contributed by atoms with Crippen LogP contribution in [0.25, 0.3) is 22.5 Å². The first-order valence-electron chi connectivity index (χ1n) is 26.9. The highest BCUT2D eigenvalue weighted by Crippen LogP contribution is 2.36. The fourth-order valence-electron chi connectivity index (χ4n) is 10.5. The number of aromatic amines is 1. The van der Waals surface area contributed by atoms with Gasteiger partial charge in [0.1, 0.15) is 19.8 Å².